The molecule has 0 unspecified atom stereocenters. The van der Waals surface area contributed by atoms with E-state index in [1.54, 1.807) is 20.3 Å². The lowest BCUT2D eigenvalue weighted by atomic mass is 10.1. The smallest absolute Gasteiger partial charge is 0.248 e. The standard InChI is InChI=1S/C23H23N3O3/c1-28-20-10-8-16(13-21(20)29-2)9-11-23(27)25-18-6-3-5-17(14-18)19-15-24-22-7-4-12-26(19)22/h3,5-6,8-11,13-15H,4,7,12H2,1-2H3,(H,25,27)/b11-9+. The third-order valence-corrected chi connectivity index (χ3v) is 4.98. The molecule has 2 heterocycles. The Labute approximate surface area is 169 Å². The van der Waals surface area contributed by atoms with Crippen LogP contribution in [0, 0.1) is 0 Å². The molecule has 1 aliphatic heterocycles. The number of rotatable bonds is 6. The van der Waals surface area contributed by atoms with Crippen molar-refractivity contribution < 1.29 is 14.3 Å². The van der Waals surface area contributed by atoms with Crippen molar-refractivity contribution in [1.29, 1.82) is 0 Å². The first-order valence-electron chi connectivity index (χ1n) is 9.54. The number of hydrogen-bond donors (Lipinski definition) is 1. The third-order valence-electron chi connectivity index (χ3n) is 4.98. The lowest BCUT2D eigenvalue weighted by molar-refractivity contribution is -0.111. The SMILES string of the molecule is COc1ccc(/C=C/C(=O)Nc2cccc(-c3cnc4n3CCC4)c2)cc1OC. The summed E-state index contributed by atoms with van der Waals surface area (Å²) in [5.41, 5.74) is 3.74. The molecule has 0 saturated carbocycles. The maximum atomic E-state index is 12.4. The van der Waals surface area contributed by atoms with Crippen LogP contribution in [0.4, 0.5) is 5.69 Å². The Kier molecular flexibility index (Phi) is 5.33. The number of methoxy groups -OCH3 is 2. The second-order valence-corrected chi connectivity index (χ2v) is 6.83. The van der Waals surface area contributed by atoms with Gasteiger partial charge in [-0.1, -0.05) is 18.2 Å². The van der Waals surface area contributed by atoms with Gasteiger partial charge in [-0.3, -0.25) is 4.79 Å². The molecule has 1 aliphatic rings. The van der Waals surface area contributed by atoms with E-state index >= 15 is 0 Å². The summed E-state index contributed by atoms with van der Waals surface area (Å²) in [5.74, 6) is 2.20. The number of ether oxygens (including phenoxy) is 2. The van der Waals surface area contributed by atoms with Crippen LogP contribution in [0.25, 0.3) is 17.3 Å². The van der Waals surface area contributed by atoms with E-state index in [4.69, 9.17) is 9.47 Å². The molecular weight excluding hydrogens is 366 g/mol. The maximum absolute atomic E-state index is 12.4. The molecule has 0 saturated heterocycles. The Morgan fingerprint density at radius 2 is 2.00 bits per heavy atom. The van der Waals surface area contributed by atoms with Gasteiger partial charge in [0.05, 0.1) is 26.1 Å². The molecular formula is C23H23N3O3. The van der Waals surface area contributed by atoms with Gasteiger partial charge in [0.1, 0.15) is 5.82 Å². The quantitative estimate of drug-likeness (QED) is 0.643. The predicted octanol–water partition coefficient (Wildman–Crippen LogP) is 4.17. The van der Waals surface area contributed by atoms with E-state index in [1.165, 1.54) is 6.08 Å². The summed E-state index contributed by atoms with van der Waals surface area (Å²) in [6, 6.07) is 13.3. The summed E-state index contributed by atoms with van der Waals surface area (Å²) in [6.07, 6.45) is 7.31. The van der Waals surface area contributed by atoms with Crippen LogP contribution in [0.15, 0.2) is 54.7 Å². The van der Waals surface area contributed by atoms with Gasteiger partial charge in [0.15, 0.2) is 11.5 Å². The Hall–Kier alpha value is -3.54. The number of benzene rings is 2. The van der Waals surface area contributed by atoms with Crippen LogP contribution < -0.4 is 14.8 Å². The first-order valence-corrected chi connectivity index (χ1v) is 9.54. The molecule has 0 aliphatic carbocycles. The zero-order valence-corrected chi connectivity index (χ0v) is 16.5. The highest BCUT2D eigenvalue weighted by atomic mass is 16.5. The van der Waals surface area contributed by atoms with Crippen LogP contribution >= 0.6 is 0 Å². The molecule has 3 aromatic rings. The second kappa shape index (κ2) is 8.22. The molecule has 4 rings (SSSR count). The van der Waals surface area contributed by atoms with Crippen LogP contribution in [0.1, 0.15) is 17.8 Å². The van der Waals surface area contributed by atoms with Crippen LogP contribution in [-0.2, 0) is 17.8 Å². The van der Waals surface area contributed by atoms with Gasteiger partial charge in [-0.2, -0.15) is 0 Å². The van der Waals surface area contributed by atoms with Gasteiger partial charge in [-0.15, -0.1) is 0 Å². The van der Waals surface area contributed by atoms with Crippen molar-refractivity contribution in [2.75, 3.05) is 19.5 Å². The van der Waals surface area contributed by atoms with Crippen molar-refractivity contribution >= 4 is 17.7 Å². The van der Waals surface area contributed by atoms with Crippen molar-refractivity contribution in [2.24, 2.45) is 0 Å². The van der Waals surface area contributed by atoms with Crippen molar-refractivity contribution in [3.63, 3.8) is 0 Å². The molecule has 1 aromatic heterocycles. The largest absolute Gasteiger partial charge is 0.493 e. The van der Waals surface area contributed by atoms with Crippen molar-refractivity contribution in [3.8, 4) is 22.8 Å². The molecule has 6 nitrogen and oxygen atoms in total. The first kappa shape index (κ1) is 18.8. The Bertz CT molecular complexity index is 1070. The number of carbonyl (C=O) groups excluding carboxylic acids is 1. The molecule has 148 valence electrons. The number of aromatic nitrogens is 2. The molecule has 0 bridgehead atoms. The number of anilines is 1. The van der Waals surface area contributed by atoms with Crippen LogP contribution in [0.3, 0.4) is 0 Å². The number of carbonyl (C=O) groups is 1. The average molecular weight is 389 g/mol. The molecule has 0 spiro atoms. The summed E-state index contributed by atoms with van der Waals surface area (Å²) in [4.78, 5) is 16.9. The van der Waals surface area contributed by atoms with Crippen LogP contribution in [0.2, 0.25) is 0 Å². The van der Waals surface area contributed by atoms with Crippen LogP contribution in [0.5, 0.6) is 11.5 Å². The zero-order valence-electron chi connectivity index (χ0n) is 16.5. The molecule has 0 fully saturated rings. The zero-order chi connectivity index (χ0) is 20.2. The number of nitrogens with one attached hydrogen (secondary N) is 1. The fourth-order valence-electron chi connectivity index (χ4n) is 3.56. The van der Waals surface area contributed by atoms with E-state index in [9.17, 15) is 4.79 Å². The van der Waals surface area contributed by atoms with E-state index in [-0.39, 0.29) is 5.91 Å². The lowest BCUT2D eigenvalue weighted by Gasteiger charge is -2.08. The molecule has 6 heteroatoms. The normalized spacial score (nSPS) is 12.8. The number of fused-ring (bicyclic) bond motifs is 1. The van der Waals surface area contributed by atoms with Gasteiger partial charge in [0.25, 0.3) is 0 Å². The van der Waals surface area contributed by atoms with Crippen molar-refractivity contribution in [3.05, 3.63) is 66.1 Å². The monoisotopic (exact) mass is 389 g/mol. The highest BCUT2D eigenvalue weighted by Crippen LogP contribution is 2.29. The Morgan fingerprint density at radius 1 is 1.14 bits per heavy atom. The number of nitrogens with zero attached hydrogens (tertiary/aromatic N) is 2. The minimum absolute atomic E-state index is 0.199. The molecule has 2 aromatic carbocycles. The number of hydrogen-bond acceptors (Lipinski definition) is 4. The minimum atomic E-state index is -0.199. The van der Waals surface area contributed by atoms with E-state index in [0.717, 1.165) is 47.7 Å². The van der Waals surface area contributed by atoms with Crippen molar-refractivity contribution in [1.82, 2.24) is 9.55 Å². The highest BCUT2D eigenvalue weighted by Gasteiger charge is 2.16. The topological polar surface area (TPSA) is 65.4 Å². The van der Waals surface area contributed by atoms with E-state index in [1.807, 2.05) is 48.7 Å². The summed E-state index contributed by atoms with van der Waals surface area (Å²) >= 11 is 0. The molecule has 29 heavy (non-hydrogen) atoms. The molecule has 0 radical (unpaired) electrons. The van der Waals surface area contributed by atoms with Gasteiger partial charge in [-0.05, 0) is 42.3 Å². The number of amides is 1. The van der Waals surface area contributed by atoms with Gasteiger partial charge in [0, 0.05) is 30.3 Å². The van der Waals surface area contributed by atoms with Gasteiger partial charge >= 0.3 is 0 Å². The fraction of sp³-hybridized carbons (Fsp3) is 0.217. The van der Waals surface area contributed by atoms with Gasteiger partial charge in [0.2, 0.25) is 5.91 Å². The Morgan fingerprint density at radius 3 is 2.83 bits per heavy atom. The van der Waals surface area contributed by atoms with Crippen molar-refractivity contribution in [2.45, 2.75) is 19.4 Å². The fourth-order valence-corrected chi connectivity index (χ4v) is 3.56. The molecule has 0 atom stereocenters. The summed E-state index contributed by atoms with van der Waals surface area (Å²) in [7, 11) is 3.17. The third kappa shape index (κ3) is 4.01. The maximum Gasteiger partial charge on any atom is 0.248 e. The highest BCUT2D eigenvalue weighted by molar-refractivity contribution is 6.02. The number of imidazole rings is 1. The Balaban J connectivity index is 1.47. The summed E-state index contributed by atoms with van der Waals surface area (Å²) in [5, 5.41) is 2.92. The van der Waals surface area contributed by atoms with E-state index in [2.05, 4.69) is 14.9 Å². The molecule has 1 amide bonds. The predicted molar refractivity (Wildman–Crippen MR) is 113 cm³/mol. The average Bonchev–Trinajstić information content (AvgIpc) is 3.36. The van der Waals surface area contributed by atoms with Crippen LogP contribution in [-0.4, -0.2) is 29.7 Å². The van der Waals surface area contributed by atoms with E-state index < -0.39 is 0 Å². The minimum Gasteiger partial charge on any atom is -0.493 e. The molecule has 1 N–H and O–H groups in total. The van der Waals surface area contributed by atoms with E-state index in [0.29, 0.717) is 11.5 Å². The summed E-state index contributed by atoms with van der Waals surface area (Å²) < 4.78 is 12.8. The van der Waals surface area contributed by atoms with Gasteiger partial charge in [-0.25, -0.2) is 4.98 Å². The second-order valence-electron chi connectivity index (χ2n) is 6.83. The first-order chi connectivity index (χ1) is 14.2. The number of aryl methyl sites for hydroxylation is 1. The lowest BCUT2D eigenvalue weighted by Crippen LogP contribution is -2.07. The van der Waals surface area contributed by atoms with Gasteiger partial charge < -0.3 is 19.4 Å². The summed E-state index contributed by atoms with van der Waals surface area (Å²) in [6.45, 7) is 0.995.